The summed E-state index contributed by atoms with van der Waals surface area (Å²) in [7, 11) is 1.91. The zero-order valence-electron chi connectivity index (χ0n) is 16.2. The van der Waals surface area contributed by atoms with Gasteiger partial charge in [-0.15, -0.1) is 10.2 Å². The maximum atomic E-state index is 4.51. The van der Waals surface area contributed by atoms with E-state index in [0.29, 0.717) is 0 Å². The van der Waals surface area contributed by atoms with E-state index in [9.17, 15) is 0 Å². The van der Waals surface area contributed by atoms with E-state index in [0.717, 1.165) is 67.8 Å². The molecule has 0 bridgehead atoms. The quantitative estimate of drug-likeness (QED) is 0.677. The second-order valence-corrected chi connectivity index (χ2v) is 7.47. The fourth-order valence-electron chi connectivity index (χ4n) is 4.13. The third-order valence-corrected chi connectivity index (χ3v) is 5.73. The van der Waals surface area contributed by atoms with Crippen LogP contribution in [0.25, 0.3) is 11.0 Å². The number of anilines is 3. The molecule has 5 rings (SSSR count). The van der Waals surface area contributed by atoms with E-state index in [1.165, 1.54) is 19.3 Å². The van der Waals surface area contributed by atoms with Crippen molar-refractivity contribution in [1.82, 2.24) is 29.9 Å². The second-order valence-electron chi connectivity index (χ2n) is 7.47. The maximum Gasteiger partial charge on any atom is 0.163 e. The summed E-state index contributed by atoms with van der Waals surface area (Å²) < 4.78 is 1.79. The third kappa shape index (κ3) is 3.10. The normalized spacial score (nSPS) is 18.1. The Kier molecular flexibility index (Phi) is 4.42. The number of rotatable bonds is 3. The predicted molar refractivity (Wildman–Crippen MR) is 109 cm³/mol. The Morgan fingerprint density at radius 2 is 1.39 bits per heavy atom. The highest BCUT2D eigenvalue weighted by Crippen LogP contribution is 2.25. The molecule has 0 aromatic carbocycles. The Bertz CT molecular complexity index is 938. The van der Waals surface area contributed by atoms with Crippen LogP contribution < -0.4 is 14.7 Å². The number of nitrogens with zero attached hydrogens (tertiary/aromatic N) is 9. The fourth-order valence-corrected chi connectivity index (χ4v) is 4.13. The Balaban J connectivity index is 1.26. The van der Waals surface area contributed by atoms with Gasteiger partial charge in [0.2, 0.25) is 0 Å². The van der Waals surface area contributed by atoms with Crippen molar-refractivity contribution < 1.29 is 0 Å². The summed E-state index contributed by atoms with van der Waals surface area (Å²) in [4.78, 5) is 15.8. The van der Waals surface area contributed by atoms with E-state index in [1.807, 2.05) is 13.2 Å². The van der Waals surface area contributed by atoms with Crippen molar-refractivity contribution in [2.75, 3.05) is 54.0 Å². The molecule has 0 N–H and O–H groups in total. The largest absolute Gasteiger partial charge is 0.355 e. The van der Waals surface area contributed by atoms with Gasteiger partial charge >= 0.3 is 0 Å². The van der Waals surface area contributed by atoms with E-state index >= 15 is 0 Å². The van der Waals surface area contributed by atoms with Crippen molar-refractivity contribution in [3.05, 3.63) is 24.7 Å². The number of hydrogen-bond acceptors (Lipinski definition) is 8. The highest BCUT2D eigenvalue weighted by molar-refractivity contribution is 5.86. The number of fused-ring (bicyclic) bond motifs is 1. The van der Waals surface area contributed by atoms with Crippen LogP contribution in [0.5, 0.6) is 0 Å². The maximum absolute atomic E-state index is 4.51. The molecular formula is C19H25N9. The van der Waals surface area contributed by atoms with Gasteiger partial charge in [-0.25, -0.2) is 9.97 Å². The Labute approximate surface area is 164 Å². The van der Waals surface area contributed by atoms with Gasteiger partial charge in [-0.3, -0.25) is 4.68 Å². The third-order valence-electron chi connectivity index (χ3n) is 5.73. The molecule has 0 amide bonds. The first-order chi connectivity index (χ1) is 13.8. The predicted octanol–water partition coefficient (Wildman–Crippen LogP) is 1.47. The summed E-state index contributed by atoms with van der Waals surface area (Å²) in [5, 5.41) is 14.3. The van der Waals surface area contributed by atoms with E-state index < -0.39 is 0 Å². The minimum absolute atomic E-state index is 0.867. The smallest absolute Gasteiger partial charge is 0.163 e. The van der Waals surface area contributed by atoms with Crippen molar-refractivity contribution in [3.63, 3.8) is 0 Å². The lowest BCUT2D eigenvalue weighted by Gasteiger charge is -2.36. The summed E-state index contributed by atoms with van der Waals surface area (Å²) in [5.74, 6) is 2.92. The first-order valence-electron chi connectivity index (χ1n) is 10.0. The molecule has 0 aliphatic carbocycles. The number of hydrogen-bond donors (Lipinski definition) is 0. The molecule has 146 valence electrons. The monoisotopic (exact) mass is 379 g/mol. The van der Waals surface area contributed by atoms with Gasteiger partial charge in [-0.05, 0) is 31.4 Å². The molecule has 9 nitrogen and oxygen atoms in total. The molecule has 2 aliphatic rings. The van der Waals surface area contributed by atoms with Crippen LogP contribution in [-0.4, -0.2) is 69.2 Å². The van der Waals surface area contributed by atoms with Crippen LogP contribution in [-0.2, 0) is 7.05 Å². The van der Waals surface area contributed by atoms with Crippen LogP contribution in [0.1, 0.15) is 19.3 Å². The van der Waals surface area contributed by atoms with E-state index in [2.05, 4.69) is 52.1 Å². The Morgan fingerprint density at radius 3 is 2.07 bits per heavy atom. The molecule has 28 heavy (non-hydrogen) atoms. The van der Waals surface area contributed by atoms with Crippen LogP contribution >= 0.6 is 0 Å². The van der Waals surface area contributed by atoms with Gasteiger partial charge in [0, 0.05) is 46.3 Å². The van der Waals surface area contributed by atoms with Gasteiger partial charge in [0.1, 0.15) is 12.1 Å². The van der Waals surface area contributed by atoms with Crippen LogP contribution in [0.3, 0.4) is 0 Å². The van der Waals surface area contributed by atoms with Gasteiger partial charge in [-0.1, -0.05) is 0 Å². The Morgan fingerprint density at radius 1 is 0.750 bits per heavy atom. The SMILES string of the molecule is Cn1ncc2c(N3CCN(c4ccc(N5CCCCC5)nn4)CC3)ncnc21. The lowest BCUT2D eigenvalue weighted by molar-refractivity contribution is 0.570. The first kappa shape index (κ1) is 17.2. The average molecular weight is 379 g/mol. The summed E-state index contributed by atoms with van der Waals surface area (Å²) in [6.45, 7) is 5.74. The molecule has 2 aliphatic heterocycles. The average Bonchev–Trinajstić information content (AvgIpc) is 3.16. The van der Waals surface area contributed by atoms with Crippen LogP contribution in [0.4, 0.5) is 17.5 Å². The summed E-state index contributed by atoms with van der Waals surface area (Å²) in [5.41, 5.74) is 0.867. The molecule has 3 aromatic heterocycles. The summed E-state index contributed by atoms with van der Waals surface area (Å²) >= 11 is 0. The van der Waals surface area contributed by atoms with Gasteiger partial charge < -0.3 is 14.7 Å². The molecule has 0 unspecified atom stereocenters. The topological polar surface area (TPSA) is 79.1 Å². The highest BCUT2D eigenvalue weighted by atomic mass is 15.4. The van der Waals surface area contributed by atoms with Gasteiger partial charge in [0.15, 0.2) is 17.3 Å². The van der Waals surface area contributed by atoms with Crippen molar-refractivity contribution >= 4 is 28.5 Å². The van der Waals surface area contributed by atoms with Crippen molar-refractivity contribution in [1.29, 1.82) is 0 Å². The Hall–Kier alpha value is -2.97. The lowest BCUT2D eigenvalue weighted by Crippen LogP contribution is -2.47. The number of piperidine rings is 1. The van der Waals surface area contributed by atoms with Crippen LogP contribution in [0, 0.1) is 0 Å². The molecule has 9 heteroatoms. The fraction of sp³-hybridized carbons (Fsp3) is 0.526. The number of piperazine rings is 1. The first-order valence-corrected chi connectivity index (χ1v) is 10.0. The molecule has 5 heterocycles. The highest BCUT2D eigenvalue weighted by Gasteiger charge is 2.22. The van der Waals surface area contributed by atoms with Gasteiger partial charge in [0.05, 0.1) is 11.6 Å². The molecule has 0 atom stereocenters. The molecule has 3 aromatic rings. The summed E-state index contributed by atoms with van der Waals surface area (Å²) in [6.07, 6.45) is 7.29. The molecular weight excluding hydrogens is 354 g/mol. The molecule has 0 radical (unpaired) electrons. The van der Waals surface area contributed by atoms with E-state index in [1.54, 1.807) is 11.0 Å². The van der Waals surface area contributed by atoms with Crippen LogP contribution in [0.15, 0.2) is 24.7 Å². The molecule has 2 saturated heterocycles. The second kappa shape index (κ2) is 7.21. The van der Waals surface area contributed by atoms with Crippen molar-refractivity contribution in [2.24, 2.45) is 7.05 Å². The molecule has 0 spiro atoms. The minimum atomic E-state index is 0.867. The summed E-state index contributed by atoms with van der Waals surface area (Å²) in [6, 6.07) is 4.22. The molecule has 0 saturated carbocycles. The van der Waals surface area contributed by atoms with Crippen molar-refractivity contribution in [2.45, 2.75) is 19.3 Å². The zero-order valence-corrected chi connectivity index (χ0v) is 16.2. The number of aromatic nitrogens is 6. The standard InChI is InChI=1S/C19H25N9/c1-25-18-15(13-22-25)19(21-14-20-18)28-11-9-27(10-12-28)17-6-5-16(23-24-17)26-7-3-2-4-8-26/h5-6,13-14H,2-4,7-12H2,1H3. The molecule has 2 fully saturated rings. The van der Waals surface area contributed by atoms with Gasteiger partial charge in [-0.2, -0.15) is 5.10 Å². The lowest BCUT2D eigenvalue weighted by atomic mass is 10.1. The van der Waals surface area contributed by atoms with Gasteiger partial charge in [0.25, 0.3) is 0 Å². The van der Waals surface area contributed by atoms with E-state index in [-0.39, 0.29) is 0 Å². The minimum Gasteiger partial charge on any atom is -0.355 e. The van der Waals surface area contributed by atoms with E-state index in [4.69, 9.17) is 0 Å². The van der Waals surface area contributed by atoms with Crippen LogP contribution in [0.2, 0.25) is 0 Å². The zero-order chi connectivity index (χ0) is 18.9. The number of aryl methyl sites for hydroxylation is 1. The van der Waals surface area contributed by atoms with Crippen molar-refractivity contribution in [3.8, 4) is 0 Å².